The van der Waals surface area contributed by atoms with E-state index < -0.39 is 6.10 Å². The van der Waals surface area contributed by atoms with Crippen molar-refractivity contribution in [2.75, 3.05) is 0 Å². The molecule has 0 saturated heterocycles. The summed E-state index contributed by atoms with van der Waals surface area (Å²) in [5, 5.41) is 11.4. The summed E-state index contributed by atoms with van der Waals surface area (Å²) in [5.74, 6) is 0. The van der Waals surface area contributed by atoms with E-state index in [2.05, 4.69) is 11.1 Å². The number of aromatic nitrogens is 1. The Kier molecular flexibility index (Phi) is 1.99. The molecule has 0 aliphatic rings. The van der Waals surface area contributed by atoms with E-state index in [0.29, 0.717) is 5.69 Å². The number of hydrogen-bond acceptors (Lipinski definition) is 2. The zero-order valence-electron chi connectivity index (χ0n) is 7.36. The van der Waals surface area contributed by atoms with Gasteiger partial charge in [0.15, 0.2) is 0 Å². The van der Waals surface area contributed by atoms with Crippen molar-refractivity contribution in [3.8, 4) is 0 Å². The molecular weight excluding hydrogens is 162 g/mol. The SMILES string of the molecule is C[C@@H](O)c1nccc2[c]cccc12. The molecule has 1 N–H and O–H groups in total. The molecule has 0 fully saturated rings. The van der Waals surface area contributed by atoms with E-state index in [1.54, 1.807) is 13.1 Å². The minimum atomic E-state index is -0.528. The van der Waals surface area contributed by atoms with Crippen LogP contribution in [0.15, 0.2) is 30.5 Å². The Labute approximate surface area is 76.9 Å². The normalized spacial score (nSPS) is 13.1. The molecule has 0 unspecified atom stereocenters. The van der Waals surface area contributed by atoms with Crippen LogP contribution in [-0.4, -0.2) is 10.1 Å². The highest BCUT2D eigenvalue weighted by molar-refractivity contribution is 5.83. The van der Waals surface area contributed by atoms with Crippen LogP contribution in [0.25, 0.3) is 10.8 Å². The molecule has 0 bridgehead atoms. The minimum absolute atomic E-state index is 0.528. The summed E-state index contributed by atoms with van der Waals surface area (Å²) >= 11 is 0. The van der Waals surface area contributed by atoms with Crippen molar-refractivity contribution in [2.24, 2.45) is 0 Å². The van der Waals surface area contributed by atoms with Gasteiger partial charge in [0.1, 0.15) is 0 Å². The van der Waals surface area contributed by atoms with E-state index in [-0.39, 0.29) is 0 Å². The average molecular weight is 172 g/mol. The fourth-order valence-electron chi connectivity index (χ4n) is 1.41. The number of nitrogens with zero attached hydrogens (tertiary/aromatic N) is 1. The number of pyridine rings is 1. The Balaban J connectivity index is 2.76. The van der Waals surface area contributed by atoms with E-state index in [1.807, 2.05) is 24.3 Å². The molecule has 1 heterocycles. The molecule has 0 aliphatic carbocycles. The van der Waals surface area contributed by atoms with Crippen LogP contribution in [0.1, 0.15) is 18.7 Å². The van der Waals surface area contributed by atoms with Crippen LogP contribution < -0.4 is 0 Å². The largest absolute Gasteiger partial charge is 0.387 e. The van der Waals surface area contributed by atoms with Crippen LogP contribution in [0.2, 0.25) is 0 Å². The van der Waals surface area contributed by atoms with Crippen molar-refractivity contribution in [1.82, 2.24) is 4.98 Å². The molecule has 0 spiro atoms. The number of hydrogen-bond donors (Lipinski definition) is 1. The molecule has 1 radical (unpaired) electrons. The predicted octanol–water partition coefficient (Wildman–Crippen LogP) is 2.09. The standard InChI is InChI=1S/C11H10NO/c1-8(13)11-10-5-3-2-4-9(10)6-7-12-11/h2-3,5-8,13H,1H3/t8-/m1/s1. The molecule has 0 aliphatic heterocycles. The first-order valence-electron chi connectivity index (χ1n) is 4.22. The smallest absolute Gasteiger partial charge is 0.0938 e. The third-order valence-corrected chi connectivity index (χ3v) is 2.01. The van der Waals surface area contributed by atoms with Crippen molar-refractivity contribution < 1.29 is 5.11 Å². The second-order valence-corrected chi connectivity index (χ2v) is 3.00. The number of fused-ring (bicyclic) bond motifs is 1. The minimum Gasteiger partial charge on any atom is -0.387 e. The summed E-state index contributed by atoms with van der Waals surface area (Å²) in [6, 6.07) is 10.7. The van der Waals surface area contributed by atoms with Crippen molar-refractivity contribution in [3.05, 3.63) is 42.2 Å². The molecule has 2 heteroatoms. The van der Waals surface area contributed by atoms with E-state index in [0.717, 1.165) is 10.8 Å². The van der Waals surface area contributed by atoms with E-state index in [9.17, 15) is 5.11 Å². The topological polar surface area (TPSA) is 33.1 Å². The zero-order chi connectivity index (χ0) is 9.26. The average Bonchev–Trinajstić information content (AvgIpc) is 2.17. The van der Waals surface area contributed by atoms with Gasteiger partial charge in [-0.2, -0.15) is 0 Å². The Morgan fingerprint density at radius 3 is 3.08 bits per heavy atom. The number of rotatable bonds is 1. The maximum atomic E-state index is 9.45. The highest BCUT2D eigenvalue weighted by Gasteiger charge is 2.06. The van der Waals surface area contributed by atoms with Crippen molar-refractivity contribution >= 4 is 10.8 Å². The Morgan fingerprint density at radius 2 is 2.31 bits per heavy atom. The lowest BCUT2D eigenvalue weighted by molar-refractivity contribution is 0.196. The van der Waals surface area contributed by atoms with Gasteiger partial charge in [0.2, 0.25) is 0 Å². The highest BCUT2D eigenvalue weighted by atomic mass is 16.3. The molecule has 1 aromatic heterocycles. The van der Waals surface area contributed by atoms with Gasteiger partial charge in [-0.25, -0.2) is 0 Å². The van der Waals surface area contributed by atoms with Crippen LogP contribution in [0.5, 0.6) is 0 Å². The maximum absolute atomic E-state index is 9.45. The van der Waals surface area contributed by atoms with Gasteiger partial charge in [0, 0.05) is 11.6 Å². The van der Waals surface area contributed by atoms with Crippen molar-refractivity contribution in [3.63, 3.8) is 0 Å². The second kappa shape index (κ2) is 3.15. The summed E-state index contributed by atoms with van der Waals surface area (Å²) < 4.78 is 0. The Bertz CT molecular complexity index is 418. The molecule has 1 aromatic carbocycles. The van der Waals surface area contributed by atoms with Gasteiger partial charge >= 0.3 is 0 Å². The summed E-state index contributed by atoms with van der Waals surface area (Å²) in [6.07, 6.45) is 1.17. The van der Waals surface area contributed by atoms with Crippen LogP contribution >= 0.6 is 0 Å². The molecule has 13 heavy (non-hydrogen) atoms. The van der Waals surface area contributed by atoms with Gasteiger partial charge in [-0.3, -0.25) is 4.98 Å². The van der Waals surface area contributed by atoms with Gasteiger partial charge in [0.05, 0.1) is 11.8 Å². The van der Waals surface area contributed by atoms with E-state index in [4.69, 9.17) is 0 Å². The van der Waals surface area contributed by atoms with Crippen molar-refractivity contribution in [2.45, 2.75) is 13.0 Å². The first-order valence-corrected chi connectivity index (χ1v) is 4.22. The lowest BCUT2D eigenvalue weighted by atomic mass is 10.1. The summed E-state index contributed by atoms with van der Waals surface area (Å²) in [7, 11) is 0. The molecule has 0 amide bonds. The zero-order valence-corrected chi connectivity index (χ0v) is 7.36. The number of aliphatic hydroxyl groups excluding tert-OH is 1. The first-order chi connectivity index (χ1) is 6.29. The van der Waals surface area contributed by atoms with Crippen molar-refractivity contribution in [1.29, 1.82) is 0 Å². The highest BCUT2D eigenvalue weighted by Crippen LogP contribution is 2.20. The molecular formula is C11H10NO. The molecule has 2 aromatic rings. The lowest BCUT2D eigenvalue weighted by Crippen LogP contribution is -1.95. The maximum Gasteiger partial charge on any atom is 0.0938 e. The fraction of sp³-hybridized carbons (Fsp3) is 0.182. The van der Waals surface area contributed by atoms with Crippen LogP contribution in [0.3, 0.4) is 0 Å². The van der Waals surface area contributed by atoms with Gasteiger partial charge in [-0.1, -0.05) is 18.2 Å². The number of benzene rings is 1. The number of aliphatic hydroxyl groups is 1. The molecule has 2 nitrogen and oxygen atoms in total. The fourth-order valence-corrected chi connectivity index (χ4v) is 1.41. The van der Waals surface area contributed by atoms with E-state index >= 15 is 0 Å². The third kappa shape index (κ3) is 1.40. The first kappa shape index (κ1) is 8.20. The lowest BCUT2D eigenvalue weighted by Gasteiger charge is -2.06. The summed E-state index contributed by atoms with van der Waals surface area (Å²) in [4.78, 5) is 4.14. The molecule has 2 rings (SSSR count). The van der Waals surface area contributed by atoms with Crippen LogP contribution in [0, 0.1) is 6.07 Å². The predicted molar refractivity (Wildman–Crippen MR) is 51.2 cm³/mol. The summed E-state index contributed by atoms with van der Waals surface area (Å²) in [5.41, 5.74) is 0.717. The Hall–Kier alpha value is -1.41. The third-order valence-electron chi connectivity index (χ3n) is 2.01. The van der Waals surface area contributed by atoms with Crippen LogP contribution in [-0.2, 0) is 0 Å². The monoisotopic (exact) mass is 172 g/mol. The van der Waals surface area contributed by atoms with Gasteiger partial charge in [-0.15, -0.1) is 0 Å². The van der Waals surface area contributed by atoms with Gasteiger partial charge < -0.3 is 5.11 Å². The van der Waals surface area contributed by atoms with Crippen LogP contribution in [0.4, 0.5) is 0 Å². The van der Waals surface area contributed by atoms with Gasteiger partial charge in [0.25, 0.3) is 0 Å². The molecule has 1 atom stereocenters. The second-order valence-electron chi connectivity index (χ2n) is 3.00. The molecule has 0 saturated carbocycles. The molecule has 65 valence electrons. The van der Waals surface area contributed by atoms with E-state index in [1.165, 1.54) is 0 Å². The quantitative estimate of drug-likeness (QED) is 0.714. The summed E-state index contributed by atoms with van der Waals surface area (Å²) in [6.45, 7) is 1.72. The Morgan fingerprint density at radius 1 is 1.46 bits per heavy atom. The van der Waals surface area contributed by atoms with Gasteiger partial charge in [-0.05, 0) is 24.4 Å².